The first-order valence-electron chi connectivity index (χ1n) is 11.0. The molecule has 9 nitrogen and oxygen atoms in total. The van der Waals surface area contributed by atoms with Crippen molar-refractivity contribution in [2.45, 2.75) is 37.9 Å². The first-order chi connectivity index (χ1) is 15.6. The first-order valence-corrected chi connectivity index (χ1v) is 11.0. The minimum absolute atomic E-state index is 0.513. The third kappa shape index (κ3) is 3.12. The lowest BCUT2D eigenvalue weighted by molar-refractivity contribution is 0.292. The van der Waals surface area contributed by atoms with Crippen LogP contribution in [-0.2, 0) is 6.42 Å². The van der Waals surface area contributed by atoms with Crippen molar-refractivity contribution < 1.29 is 0 Å². The number of piperazine rings is 1. The van der Waals surface area contributed by atoms with Gasteiger partial charge in [0.2, 0.25) is 0 Å². The van der Waals surface area contributed by atoms with Crippen LogP contribution in [0.4, 0.5) is 5.69 Å². The fourth-order valence-corrected chi connectivity index (χ4v) is 5.04. The molecule has 2 fully saturated rings. The summed E-state index contributed by atoms with van der Waals surface area (Å²) >= 11 is 0. The minimum atomic E-state index is -0.513. The maximum Gasteiger partial charge on any atom is 0.177 e. The zero-order valence-corrected chi connectivity index (χ0v) is 18.1. The molecule has 0 spiro atoms. The lowest BCUT2D eigenvalue weighted by atomic mass is 10.1. The number of likely N-dealkylation sites (N-methyl/N-ethyl adjacent to an activating group) is 1. The number of benzene rings is 1. The van der Waals surface area contributed by atoms with Gasteiger partial charge < -0.3 is 4.90 Å². The lowest BCUT2D eigenvalue weighted by Crippen LogP contribution is -2.44. The van der Waals surface area contributed by atoms with E-state index in [9.17, 15) is 4.91 Å². The predicted molar refractivity (Wildman–Crippen MR) is 122 cm³/mol. The summed E-state index contributed by atoms with van der Waals surface area (Å²) in [6, 6.07) is 12.9. The summed E-state index contributed by atoms with van der Waals surface area (Å²) in [4.78, 5) is 20.6. The zero-order valence-electron chi connectivity index (χ0n) is 18.1. The van der Waals surface area contributed by atoms with Crippen molar-refractivity contribution in [1.29, 1.82) is 0 Å². The molecule has 2 saturated heterocycles. The van der Waals surface area contributed by atoms with E-state index >= 15 is 0 Å². The van der Waals surface area contributed by atoms with Crippen molar-refractivity contribution in [2.24, 2.45) is 5.18 Å². The third-order valence-corrected chi connectivity index (χ3v) is 6.87. The smallest absolute Gasteiger partial charge is 0.177 e. The molecule has 162 valence electrons. The number of aromatic nitrogens is 5. The number of likely N-dealkylation sites (tertiary alicyclic amines) is 1. The average molecular weight is 429 g/mol. The molecular weight excluding hydrogens is 404 g/mol. The van der Waals surface area contributed by atoms with E-state index in [1.54, 1.807) is 17.5 Å². The second-order valence-corrected chi connectivity index (χ2v) is 8.96. The SMILES string of the molecule is CC(N=O)c1ccc2nnc(Cc3ccc4ncc(N5C[C@@H]6C[C@H]5CN6C)cc4c3)n2n1. The Morgan fingerprint density at radius 1 is 1.12 bits per heavy atom. The van der Waals surface area contributed by atoms with Gasteiger partial charge in [0.25, 0.3) is 0 Å². The van der Waals surface area contributed by atoms with Gasteiger partial charge in [-0.25, -0.2) is 0 Å². The van der Waals surface area contributed by atoms with Gasteiger partial charge in [-0.15, -0.1) is 10.2 Å². The van der Waals surface area contributed by atoms with Crippen molar-refractivity contribution in [3.05, 3.63) is 64.6 Å². The van der Waals surface area contributed by atoms with Gasteiger partial charge in [-0.2, -0.15) is 14.5 Å². The maximum absolute atomic E-state index is 10.9. The molecular formula is C23H24N8O. The molecule has 0 saturated carbocycles. The number of anilines is 1. The monoisotopic (exact) mass is 428 g/mol. The quantitative estimate of drug-likeness (QED) is 0.451. The molecule has 2 aliphatic heterocycles. The Morgan fingerprint density at radius 2 is 2.03 bits per heavy atom. The largest absolute Gasteiger partial charge is 0.364 e. The number of hydrogen-bond donors (Lipinski definition) is 0. The number of nitrogens with zero attached hydrogens (tertiary/aromatic N) is 8. The fraction of sp³-hybridized carbons (Fsp3) is 0.391. The van der Waals surface area contributed by atoms with Gasteiger partial charge in [-0.3, -0.25) is 9.88 Å². The number of nitroso groups, excluding NO2 is 1. The van der Waals surface area contributed by atoms with Gasteiger partial charge in [-0.1, -0.05) is 11.2 Å². The van der Waals surface area contributed by atoms with Crippen molar-refractivity contribution in [3.63, 3.8) is 0 Å². The normalized spacial score (nSPS) is 21.6. The van der Waals surface area contributed by atoms with Crippen molar-refractivity contribution in [2.75, 3.05) is 25.0 Å². The third-order valence-electron chi connectivity index (χ3n) is 6.87. The number of rotatable bonds is 5. The molecule has 4 aromatic rings. The Hall–Kier alpha value is -3.46. The van der Waals surface area contributed by atoms with Crippen LogP contribution >= 0.6 is 0 Å². The highest BCUT2D eigenvalue weighted by atomic mass is 16.3. The van der Waals surface area contributed by atoms with E-state index in [0.29, 0.717) is 29.8 Å². The van der Waals surface area contributed by atoms with Gasteiger partial charge in [0, 0.05) is 37.0 Å². The summed E-state index contributed by atoms with van der Waals surface area (Å²) in [5.74, 6) is 0.725. The molecule has 2 bridgehead atoms. The molecule has 0 radical (unpaired) electrons. The van der Waals surface area contributed by atoms with E-state index in [4.69, 9.17) is 4.98 Å². The molecule has 5 heterocycles. The van der Waals surface area contributed by atoms with Crippen LogP contribution in [0.2, 0.25) is 0 Å². The predicted octanol–water partition coefficient (Wildman–Crippen LogP) is 2.98. The van der Waals surface area contributed by atoms with E-state index < -0.39 is 6.04 Å². The Labute approximate surface area is 185 Å². The second-order valence-electron chi connectivity index (χ2n) is 8.96. The zero-order chi connectivity index (χ0) is 21.8. The summed E-state index contributed by atoms with van der Waals surface area (Å²) in [7, 11) is 2.22. The topological polar surface area (TPSA) is 91.9 Å². The molecule has 1 unspecified atom stereocenters. The standard InChI is InChI=1S/C23H24N8O/c1-14(28-32)20-5-6-22-25-26-23(31(22)27-20)8-15-3-4-21-16(7-15)9-17(11-24-21)30-13-18-10-19(30)12-29(18)2/h3-7,9,11,14,18-19H,8,10,12-13H2,1-2H3/t14?,18-,19-/m0/s1. The molecule has 0 aliphatic carbocycles. The summed E-state index contributed by atoms with van der Waals surface area (Å²) < 4.78 is 1.70. The highest BCUT2D eigenvalue weighted by molar-refractivity contribution is 5.82. The van der Waals surface area contributed by atoms with Crippen molar-refractivity contribution in [3.8, 4) is 0 Å². The van der Waals surface area contributed by atoms with Crippen molar-refractivity contribution in [1.82, 2.24) is 29.7 Å². The molecule has 0 N–H and O–H groups in total. The van der Waals surface area contributed by atoms with Gasteiger partial charge in [0.1, 0.15) is 6.04 Å². The summed E-state index contributed by atoms with van der Waals surface area (Å²) in [5, 5.41) is 17.3. The van der Waals surface area contributed by atoms with Gasteiger partial charge in [0.15, 0.2) is 11.5 Å². The van der Waals surface area contributed by atoms with Crippen LogP contribution in [0.1, 0.15) is 36.5 Å². The number of hydrogen-bond acceptors (Lipinski definition) is 8. The highest BCUT2D eigenvalue weighted by Gasteiger charge is 2.41. The average Bonchev–Trinajstić information content (AvgIpc) is 3.52. The molecule has 1 aromatic carbocycles. The van der Waals surface area contributed by atoms with Crippen LogP contribution in [-0.4, -0.2) is 61.9 Å². The van der Waals surface area contributed by atoms with E-state index in [-0.39, 0.29) is 0 Å². The Balaban J connectivity index is 1.31. The van der Waals surface area contributed by atoms with E-state index in [1.807, 2.05) is 12.3 Å². The van der Waals surface area contributed by atoms with Crippen molar-refractivity contribution >= 4 is 22.2 Å². The summed E-state index contributed by atoms with van der Waals surface area (Å²) in [5.41, 5.74) is 4.55. The van der Waals surface area contributed by atoms with Gasteiger partial charge >= 0.3 is 0 Å². The van der Waals surface area contributed by atoms with Crippen LogP contribution < -0.4 is 4.90 Å². The van der Waals surface area contributed by atoms with E-state index in [0.717, 1.165) is 35.4 Å². The highest BCUT2D eigenvalue weighted by Crippen LogP contribution is 2.34. The molecule has 0 amide bonds. The van der Waals surface area contributed by atoms with E-state index in [1.165, 1.54) is 12.1 Å². The fourth-order valence-electron chi connectivity index (χ4n) is 5.04. The summed E-state index contributed by atoms with van der Waals surface area (Å²) in [6.07, 6.45) is 3.82. The molecule has 32 heavy (non-hydrogen) atoms. The van der Waals surface area contributed by atoms with Crippen LogP contribution in [0.5, 0.6) is 0 Å². The first kappa shape index (κ1) is 19.2. The maximum atomic E-state index is 10.9. The van der Waals surface area contributed by atoms with Gasteiger partial charge in [-0.05, 0) is 56.3 Å². The molecule has 3 atom stereocenters. The van der Waals surface area contributed by atoms with Crippen LogP contribution in [0.15, 0.2) is 47.8 Å². The summed E-state index contributed by atoms with van der Waals surface area (Å²) in [6.45, 7) is 3.92. The Kier molecular flexibility index (Phi) is 4.39. The van der Waals surface area contributed by atoms with Gasteiger partial charge in [0.05, 0.1) is 23.1 Å². The lowest BCUT2D eigenvalue weighted by Gasteiger charge is -2.33. The molecule has 6 rings (SSSR count). The minimum Gasteiger partial charge on any atom is -0.364 e. The number of fused-ring (bicyclic) bond motifs is 4. The van der Waals surface area contributed by atoms with Crippen LogP contribution in [0.25, 0.3) is 16.6 Å². The Bertz CT molecular complexity index is 1330. The molecule has 2 aliphatic rings. The van der Waals surface area contributed by atoms with Crippen LogP contribution in [0, 0.1) is 4.91 Å². The second kappa shape index (κ2) is 7.30. The van der Waals surface area contributed by atoms with E-state index in [2.05, 4.69) is 61.6 Å². The molecule has 9 heteroatoms. The Morgan fingerprint density at radius 3 is 2.81 bits per heavy atom. The van der Waals surface area contributed by atoms with Crippen LogP contribution in [0.3, 0.4) is 0 Å². The molecule has 3 aromatic heterocycles. The number of pyridine rings is 1.